The Labute approximate surface area is 87.4 Å². The first-order valence-electron chi connectivity index (χ1n) is 5.40. The molecule has 0 heterocycles. The van der Waals surface area contributed by atoms with Crippen molar-refractivity contribution in [3.8, 4) is 0 Å². The Balaban J connectivity index is 3.50. The largest absolute Gasteiger partial charge is 0.465 e. The molecule has 0 unspecified atom stereocenters. The summed E-state index contributed by atoms with van der Waals surface area (Å²) in [6.45, 7) is 8.26. The Morgan fingerprint density at radius 3 is 2.57 bits per heavy atom. The van der Waals surface area contributed by atoms with E-state index in [1.54, 1.807) is 0 Å². The monoisotopic (exact) mass is 201 g/mol. The van der Waals surface area contributed by atoms with Gasteiger partial charge in [0.15, 0.2) is 0 Å². The Bertz CT molecular complexity index is 157. The highest BCUT2D eigenvalue weighted by atomic mass is 16.5. The standard InChI is InChI=1S/C11H23NO2/c1-5-6-7-14-11(13)9-12(4)8-10(2)3/h10H,5-9H2,1-4H3. The second-order valence-electron chi connectivity index (χ2n) is 4.16. The van der Waals surface area contributed by atoms with Gasteiger partial charge in [-0.05, 0) is 19.4 Å². The van der Waals surface area contributed by atoms with Crippen LogP contribution >= 0.6 is 0 Å². The molecule has 0 aliphatic rings. The fraction of sp³-hybridized carbons (Fsp3) is 0.909. The summed E-state index contributed by atoms with van der Waals surface area (Å²) in [5, 5.41) is 0. The van der Waals surface area contributed by atoms with Crippen molar-refractivity contribution in [2.75, 3.05) is 26.7 Å². The van der Waals surface area contributed by atoms with Crippen LogP contribution < -0.4 is 0 Å². The molecule has 14 heavy (non-hydrogen) atoms. The van der Waals surface area contributed by atoms with Crippen molar-refractivity contribution in [3.05, 3.63) is 0 Å². The predicted molar refractivity (Wildman–Crippen MR) is 58.2 cm³/mol. The van der Waals surface area contributed by atoms with Gasteiger partial charge in [0.25, 0.3) is 0 Å². The number of nitrogens with zero attached hydrogens (tertiary/aromatic N) is 1. The highest BCUT2D eigenvalue weighted by Crippen LogP contribution is 1.96. The first kappa shape index (κ1) is 13.4. The molecule has 0 N–H and O–H groups in total. The van der Waals surface area contributed by atoms with Crippen molar-refractivity contribution in [1.82, 2.24) is 4.90 Å². The fourth-order valence-electron chi connectivity index (χ4n) is 1.28. The van der Waals surface area contributed by atoms with Crippen molar-refractivity contribution in [2.24, 2.45) is 5.92 Å². The Morgan fingerprint density at radius 2 is 2.07 bits per heavy atom. The lowest BCUT2D eigenvalue weighted by molar-refractivity contribution is -0.144. The molecule has 0 aliphatic carbocycles. The van der Waals surface area contributed by atoms with Crippen molar-refractivity contribution >= 4 is 5.97 Å². The Morgan fingerprint density at radius 1 is 1.43 bits per heavy atom. The van der Waals surface area contributed by atoms with Gasteiger partial charge in [0, 0.05) is 6.54 Å². The molecule has 0 saturated carbocycles. The molecular weight excluding hydrogens is 178 g/mol. The zero-order chi connectivity index (χ0) is 11.0. The highest BCUT2D eigenvalue weighted by molar-refractivity contribution is 5.71. The minimum absolute atomic E-state index is 0.110. The van der Waals surface area contributed by atoms with Crippen LogP contribution in [0, 0.1) is 5.92 Å². The SMILES string of the molecule is CCCCOC(=O)CN(C)CC(C)C. The van der Waals surface area contributed by atoms with Crippen LogP contribution in [0.4, 0.5) is 0 Å². The van der Waals surface area contributed by atoms with Crippen LogP contribution in [0.3, 0.4) is 0 Å². The molecule has 84 valence electrons. The fourth-order valence-corrected chi connectivity index (χ4v) is 1.28. The zero-order valence-electron chi connectivity index (χ0n) is 9.88. The van der Waals surface area contributed by atoms with E-state index < -0.39 is 0 Å². The third kappa shape index (κ3) is 8.05. The molecule has 0 aliphatic heterocycles. The summed E-state index contributed by atoms with van der Waals surface area (Å²) < 4.78 is 5.05. The first-order valence-corrected chi connectivity index (χ1v) is 5.40. The summed E-state index contributed by atoms with van der Waals surface area (Å²) in [7, 11) is 1.95. The number of carbonyl (C=O) groups is 1. The van der Waals surface area contributed by atoms with Gasteiger partial charge in [-0.25, -0.2) is 0 Å². The summed E-state index contributed by atoms with van der Waals surface area (Å²) in [5.74, 6) is 0.477. The molecule has 0 aromatic carbocycles. The third-order valence-corrected chi connectivity index (χ3v) is 1.84. The summed E-state index contributed by atoms with van der Waals surface area (Å²) in [4.78, 5) is 13.2. The molecule has 3 heteroatoms. The van der Waals surface area contributed by atoms with E-state index in [1.165, 1.54) is 0 Å². The predicted octanol–water partition coefficient (Wildman–Crippen LogP) is 1.92. The van der Waals surface area contributed by atoms with E-state index in [-0.39, 0.29) is 5.97 Å². The van der Waals surface area contributed by atoms with Crippen LogP contribution in [0.15, 0.2) is 0 Å². The second-order valence-corrected chi connectivity index (χ2v) is 4.16. The lowest BCUT2D eigenvalue weighted by Gasteiger charge is -2.17. The summed E-state index contributed by atoms with van der Waals surface area (Å²) >= 11 is 0. The van der Waals surface area contributed by atoms with Gasteiger partial charge in [-0.2, -0.15) is 0 Å². The molecule has 0 bridgehead atoms. The van der Waals surface area contributed by atoms with Gasteiger partial charge in [0.2, 0.25) is 0 Å². The van der Waals surface area contributed by atoms with E-state index in [1.807, 2.05) is 11.9 Å². The molecular formula is C11H23NO2. The van der Waals surface area contributed by atoms with Gasteiger partial charge in [0.1, 0.15) is 0 Å². The van der Waals surface area contributed by atoms with Gasteiger partial charge in [-0.3, -0.25) is 9.69 Å². The molecule has 0 aromatic heterocycles. The average Bonchev–Trinajstić information content (AvgIpc) is 2.02. The summed E-state index contributed by atoms with van der Waals surface area (Å²) in [6, 6.07) is 0. The number of carbonyl (C=O) groups excluding carboxylic acids is 1. The van der Waals surface area contributed by atoms with E-state index in [0.717, 1.165) is 19.4 Å². The summed E-state index contributed by atoms with van der Waals surface area (Å²) in [6.07, 6.45) is 2.02. The van der Waals surface area contributed by atoms with Crippen molar-refractivity contribution in [1.29, 1.82) is 0 Å². The molecule has 0 fully saturated rings. The Hall–Kier alpha value is -0.570. The van der Waals surface area contributed by atoms with E-state index in [0.29, 0.717) is 19.1 Å². The number of likely N-dealkylation sites (N-methyl/N-ethyl adjacent to an activating group) is 1. The van der Waals surface area contributed by atoms with Crippen LogP contribution in [0.5, 0.6) is 0 Å². The maximum Gasteiger partial charge on any atom is 0.320 e. The molecule has 0 radical (unpaired) electrons. The third-order valence-electron chi connectivity index (χ3n) is 1.84. The van der Waals surface area contributed by atoms with Gasteiger partial charge in [-0.15, -0.1) is 0 Å². The number of hydrogen-bond donors (Lipinski definition) is 0. The minimum Gasteiger partial charge on any atom is -0.465 e. The molecule has 0 aromatic rings. The molecule has 0 amide bonds. The molecule has 3 nitrogen and oxygen atoms in total. The van der Waals surface area contributed by atoms with Gasteiger partial charge >= 0.3 is 5.97 Å². The lowest BCUT2D eigenvalue weighted by atomic mass is 10.2. The van der Waals surface area contributed by atoms with Crippen LogP contribution in [-0.4, -0.2) is 37.6 Å². The molecule has 0 atom stereocenters. The second kappa shape index (κ2) is 7.80. The Kier molecular flexibility index (Phi) is 7.48. The van der Waals surface area contributed by atoms with Crippen molar-refractivity contribution in [2.45, 2.75) is 33.6 Å². The number of unbranched alkanes of at least 4 members (excludes halogenated alkanes) is 1. The quantitative estimate of drug-likeness (QED) is 0.465. The normalized spacial score (nSPS) is 11.0. The number of ether oxygens (including phenoxy) is 1. The topological polar surface area (TPSA) is 29.5 Å². The lowest BCUT2D eigenvalue weighted by Crippen LogP contribution is -2.30. The van der Waals surface area contributed by atoms with Crippen LogP contribution in [-0.2, 0) is 9.53 Å². The van der Waals surface area contributed by atoms with Crippen LogP contribution in [0.25, 0.3) is 0 Å². The van der Waals surface area contributed by atoms with Crippen molar-refractivity contribution < 1.29 is 9.53 Å². The zero-order valence-corrected chi connectivity index (χ0v) is 9.88. The van der Waals surface area contributed by atoms with Gasteiger partial charge in [0.05, 0.1) is 13.2 Å². The maximum atomic E-state index is 11.2. The van der Waals surface area contributed by atoms with Crippen LogP contribution in [0.1, 0.15) is 33.6 Å². The smallest absolute Gasteiger partial charge is 0.320 e. The number of esters is 1. The molecule has 0 saturated heterocycles. The molecule has 0 rings (SSSR count). The van der Waals surface area contributed by atoms with E-state index in [4.69, 9.17) is 4.74 Å². The van der Waals surface area contributed by atoms with Gasteiger partial charge < -0.3 is 4.74 Å². The summed E-state index contributed by atoms with van der Waals surface area (Å²) in [5.41, 5.74) is 0. The number of hydrogen-bond acceptors (Lipinski definition) is 3. The van der Waals surface area contributed by atoms with E-state index >= 15 is 0 Å². The number of rotatable bonds is 7. The van der Waals surface area contributed by atoms with E-state index in [9.17, 15) is 4.79 Å². The van der Waals surface area contributed by atoms with Crippen molar-refractivity contribution in [3.63, 3.8) is 0 Å². The highest BCUT2D eigenvalue weighted by Gasteiger charge is 2.08. The average molecular weight is 201 g/mol. The van der Waals surface area contributed by atoms with E-state index in [2.05, 4.69) is 20.8 Å². The van der Waals surface area contributed by atoms with Crippen LogP contribution in [0.2, 0.25) is 0 Å². The van der Waals surface area contributed by atoms with Gasteiger partial charge in [-0.1, -0.05) is 27.2 Å². The molecule has 0 spiro atoms. The minimum atomic E-state index is -0.110. The maximum absolute atomic E-state index is 11.2. The first-order chi connectivity index (χ1) is 6.56.